The summed E-state index contributed by atoms with van der Waals surface area (Å²) < 4.78 is 0. The molecule has 0 aliphatic carbocycles. The van der Waals surface area contributed by atoms with Gasteiger partial charge in [-0.15, -0.1) is 0 Å². The smallest absolute Gasteiger partial charge is 0.254 e. The highest BCUT2D eigenvalue weighted by Crippen LogP contribution is 2.26. The highest BCUT2D eigenvalue weighted by Gasteiger charge is 2.12. The first-order valence-electron chi connectivity index (χ1n) is 8.21. The normalized spacial score (nSPS) is 10.6. The SMILES string of the molecule is Cc1c(C)c(C)c(CNc2ccc(C(=O)N(C)C)cn2)c(C)c1C. The zero-order valence-corrected chi connectivity index (χ0v) is 15.7. The summed E-state index contributed by atoms with van der Waals surface area (Å²) in [6.45, 7) is 11.6. The standard InChI is InChI=1S/C20H27N3O/c1-12-13(2)15(4)18(16(5)14(12)3)11-22-19-9-8-17(10-21-19)20(24)23(6)7/h8-10H,11H2,1-7H3,(H,21,22). The summed E-state index contributed by atoms with van der Waals surface area (Å²) in [6, 6.07) is 3.67. The van der Waals surface area contributed by atoms with Crippen molar-refractivity contribution in [3.8, 4) is 0 Å². The Hall–Kier alpha value is -2.36. The number of hydrogen-bond acceptors (Lipinski definition) is 3. The number of amides is 1. The van der Waals surface area contributed by atoms with Gasteiger partial charge >= 0.3 is 0 Å². The number of nitrogens with zero attached hydrogens (tertiary/aromatic N) is 2. The molecule has 0 aliphatic rings. The van der Waals surface area contributed by atoms with Gasteiger partial charge in [0.15, 0.2) is 0 Å². The van der Waals surface area contributed by atoms with Gasteiger partial charge in [-0.05, 0) is 80.1 Å². The molecule has 1 amide bonds. The van der Waals surface area contributed by atoms with Gasteiger partial charge in [0.2, 0.25) is 0 Å². The van der Waals surface area contributed by atoms with E-state index in [0.717, 1.165) is 12.4 Å². The van der Waals surface area contributed by atoms with E-state index in [1.165, 1.54) is 33.4 Å². The van der Waals surface area contributed by atoms with E-state index in [0.29, 0.717) is 5.56 Å². The van der Waals surface area contributed by atoms with Crippen LogP contribution in [-0.2, 0) is 6.54 Å². The molecule has 0 saturated heterocycles. The van der Waals surface area contributed by atoms with Gasteiger partial charge in [0.1, 0.15) is 5.82 Å². The van der Waals surface area contributed by atoms with Crippen LogP contribution in [0.25, 0.3) is 0 Å². The minimum absolute atomic E-state index is 0.0366. The average Bonchev–Trinajstić information content (AvgIpc) is 2.58. The third-order valence-electron chi connectivity index (χ3n) is 5.02. The third-order valence-corrected chi connectivity index (χ3v) is 5.02. The van der Waals surface area contributed by atoms with Crippen molar-refractivity contribution in [1.82, 2.24) is 9.88 Å². The molecule has 0 bridgehead atoms. The van der Waals surface area contributed by atoms with Crippen molar-refractivity contribution in [2.24, 2.45) is 0 Å². The van der Waals surface area contributed by atoms with Crippen LogP contribution in [0.1, 0.15) is 43.7 Å². The number of rotatable bonds is 4. The van der Waals surface area contributed by atoms with E-state index in [-0.39, 0.29) is 5.91 Å². The van der Waals surface area contributed by atoms with Gasteiger partial charge in [-0.1, -0.05) is 0 Å². The molecule has 0 fully saturated rings. The molecule has 0 spiro atoms. The van der Waals surface area contributed by atoms with E-state index in [1.807, 2.05) is 12.1 Å². The maximum atomic E-state index is 11.9. The molecule has 1 aromatic carbocycles. The monoisotopic (exact) mass is 325 g/mol. The Morgan fingerprint density at radius 1 is 0.958 bits per heavy atom. The van der Waals surface area contributed by atoms with E-state index < -0.39 is 0 Å². The zero-order valence-electron chi connectivity index (χ0n) is 15.7. The number of carbonyl (C=O) groups excluding carboxylic acids is 1. The van der Waals surface area contributed by atoms with Gasteiger partial charge in [-0.3, -0.25) is 4.79 Å². The molecule has 4 heteroatoms. The van der Waals surface area contributed by atoms with E-state index in [9.17, 15) is 4.79 Å². The number of carbonyl (C=O) groups is 1. The summed E-state index contributed by atoms with van der Waals surface area (Å²) >= 11 is 0. The van der Waals surface area contributed by atoms with Crippen LogP contribution in [0.2, 0.25) is 0 Å². The van der Waals surface area contributed by atoms with Crippen LogP contribution in [0, 0.1) is 34.6 Å². The predicted octanol–water partition coefficient (Wildman–Crippen LogP) is 3.94. The molecule has 0 unspecified atom stereocenters. The quantitative estimate of drug-likeness (QED) is 0.926. The van der Waals surface area contributed by atoms with Crippen molar-refractivity contribution in [3.63, 3.8) is 0 Å². The first-order valence-corrected chi connectivity index (χ1v) is 8.21. The van der Waals surface area contributed by atoms with E-state index >= 15 is 0 Å². The molecule has 0 aliphatic heterocycles. The summed E-state index contributed by atoms with van der Waals surface area (Å²) in [5.74, 6) is 0.741. The van der Waals surface area contributed by atoms with Gasteiger partial charge in [0.25, 0.3) is 5.91 Å². The first-order chi connectivity index (χ1) is 11.2. The van der Waals surface area contributed by atoms with Gasteiger partial charge in [-0.25, -0.2) is 4.98 Å². The summed E-state index contributed by atoms with van der Waals surface area (Å²) in [5.41, 5.74) is 8.68. The van der Waals surface area contributed by atoms with Crippen LogP contribution in [-0.4, -0.2) is 29.9 Å². The molecule has 4 nitrogen and oxygen atoms in total. The Kier molecular flexibility index (Phi) is 5.27. The van der Waals surface area contributed by atoms with Crippen molar-refractivity contribution in [1.29, 1.82) is 0 Å². The van der Waals surface area contributed by atoms with Gasteiger partial charge in [-0.2, -0.15) is 0 Å². The number of nitrogens with one attached hydrogen (secondary N) is 1. The van der Waals surface area contributed by atoms with E-state index in [2.05, 4.69) is 44.9 Å². The Labute approximate surface area is 144 Å². The topological polar surface area (TPSA) is 45.2 Å². The van der Waals surface area contributed by atoms with Crippen LogP contribution in [0.4, 0.5) is 5.82 Å². The molecule has 1 heterocycles. The highest BCUT2D eigenvalue weighted by molar-refractivity contribution is 5.93. The highest BCUT2D eigenvalue weighted by atomic mass is 16.2. The lowest BCUT2D eigenvalue weighted by molar-refractivity contribution is 0.0827. The minimum Gasteiger partial charge on any atom is -0.366 e. The van der Waals surface area contributed by atoms with Gasteiger partial charge in [0, 0.05) is 26.8 Å². The lowest BCUT2D eigenvalue weighted by atomic mass is 9.89. The molecule has 2 rings (SSSR count). The second kappa shape index (κ2) is 7.04. The number of pyridine rings is 1. The van der Waals surface area contributed by atoms with Crippen LogP contribution >= 0.6 is 0 Å². The number of benzene rings is 1. The van der Waals surface area contributed by atoms with Gasteiger partial charge < -0.3 is 10.2 Å². The largest absolute Gasteiger partial charge is 0.366 e. The molecule has 0 radical (unpaired) electrons. The van der Waals surface area contributed by atoms with Crippen LogP contribution in [0.15, 0.2) is 18.3 Å². The number of anilines is 1. The molecule has 0 atom stereocenters. The molecule has 128 valence electrons. The Bertz CT molecular complexity index is 732. The van der Waals surface area contributed by atoms with Crippen LogP contribution in [0.3, 0.4) is 0 Å². The number of hydrogen-bond donors (Lipinski definition) is 1. The van der Waals surface area contributed by atoms with E-state index in [4.69, 9.17) is 0 Å². The van der Waals surface area contributed by atoms with Crippen molar-refractivity contribution in [2.75, 3.05) is 19.4 Å². The lowest BCUT2D eigenvalue weighted by Gasteiger charge is -2.19. The Morgan fingerprint density at radius 3 is 1.96 bits per heavy atom. The van der Waals surface area contributed by atoms with Crippen molar-refractivity contribution in [2.45, 2.75) is 41.2 Å². The fourth-order valence-electron chi connectivity index (χ4n) is 2.90. The second-order valence-electron chi connectivity index (χ2n) is 6.59. The van der Waals surface area contributed by atoms with Crippen molar-refractivity contribution in [3.05, 3.63) is 57.3 Å². The second-order valence-corrected chi connectivity index (χ2v) is 6.59. The third kappa shape index (κ3) is 3.42. The maximum Gasteiger partial charge on any atom is 0.254 e. The summed E-state index contributed by atoms with van der Waals surface area (Å²) in [7, 11) is 3.48. The fourth-order valence-corrected chi connectivity index (χ4v) is 2.90. The molecule has 24 heavy (non-hydrogen) atoms. The average molecular weight is 325 g/mol. The minimum atomic E-state index is -0.0366. The van der Waals surface area contributed by atoms with Gasteiger partial charge in [0.05, 0.1) is 5.56 Å². The van der Waals surface area contributed by atoms with E-state index in [1.54, 1.807) is 25.2 Å². The van der Waals surface area contributed by atoms with Crippen LogP contribution < -0.4 is 5.32 Å². The van der Waals surface area contributed by atoms with Crippen LogP contribution in [0.5, 0.6) is 0 Å². The summed E-state index contributed by atoms with van der Waals surface area (Å²) in [6.07, 6.45) is 1.62. The molecular formula is C20H27N3O. The number of aromatic nitrogens is 1. The summed E-state index contributed by atoms with van der Waals surface area (Å²) in [5, 5.41) is 3.38. The molecule has 0 saturated carbocycles. The van der Waals surface area contributed by atoms with Crippen molar-refractivity contribution < 1.29 is 4.79 Å². The molecule has 1 aromatic heterocycles. The lowest BCUT2D eigenvalue weighted by Crippen LogP contribution is -2.21. The maximum absolute atomic E-state index is 11.9. The molecular weight excluding hydrogens is 298 g/mol. The summed E-state index contributed by atoms with van der Waals surface area (Å²) in [4.78, 5) is 17.8. The molecule has 2 aromatic rings. The first kappa shape index (κ1) is 18.0. The fraction of sp³-hybridized carbons (Fsp3) is 0.400. The predicted molar refractivity (Wildman–Crippen MR) is 99.7 cm³/mol. The Morgan fingerprint density at radius 2 is 1.50 bits per heavy atom. The zero-order chi connectivity index (χ0) is 18.0. The molecule has 1 N–H and O–H groups in total. The van der Waals surface area contributed by atoms with Crippen molar-refractivity contribution >= 4 is 11.7 Å². The Balaban J connectivity index is 2.19.